The minimum atomic E-state index is 0.219. The molecule has 0 atom stereocenters. The predicted molar refractivity (Wildman–Crippen MR) is 99.4 cm³/mol. The Labute approximate surface area is 147 Å². The van der Waals surface area contributed by atoms with Crippen LogP contribution in [0.2, 0.25) is 0 Å². The van der Waals surface area contributed by atoms with Crippen molar-refractivity contribution in [3.8, 4) is 0 Å². The number of fused-ring (bicyclic) bond motifs is 1. The average molecular weight is 332 g/mol. The molecule has 1 amide bonds. The number of aromatic nitrogens is 1. The summed E-state index contributed by atoms with van der Waals surface area (Å²) in [5, 5.41) is 2.41. The molecule has 0 unspecified atom stereocenters. The van der Waals surface area contributed by atoms with E-state index in [2.05, 4.69) is 52.3 Å². The molecule has 0 aliphatic carbocycles. The van der Waals surface area contributed by atoms with Gasteiger partial charge in [-0.2, -0.15) is 0 Å². The number of anilines is 1. The maximum absolute atomic E-state index is 12.6. The highest BCUT2D eigenvalue weighted by Gasteiger charge is 2.21. The van der Waals surface area contributed by atoms with E-state index in [9.17, 15) is 4.79 Å². The van der Waals surface area contributed by atoms with Crippen LogP contribution in [0.3, 0.4) is 0 Å². The molecule has 0 bridgehead atoms. The maximum Gasteiger partial charge on any atom is 0.227 e. The molecule has 1 aliphatic rings. The number of carbonyl (C=O) groups is 1. The molecule has 0 radical (unpaired) electrons. The fourth-order valence-electron chi connectivity index (χ4n) is 3.44. The van der Waals surface area contributed by atoms with Gasteiger partial charge < -0.3 is 9.80 Å². The van der Waals surface area contributed by atoms with E-state index in [1.165, 1.54) is 16.5 Å². The van der Waals surface area contributed by atoms with Crippen molar-refractivity contribution in [2.24, 2.45) is 0 Å². The highest BCUT2D eigenvalue weighted by molar-refractivity contribution is 5.85. The lowest BCUT2D eigenvalue weighted by Gasteiger charge is -2.35. The van der Waals surface area contributed by atoms with E-state index in [1.807, 2.05) is 29.4 Å². The number of carbonyl (C=O) groups excluding carboxylic acids is 1. The number of hydrogen-bond donors (Lipinski definition) is 0. The Balaban J connectivity index is 1.38. The van der Waals surface area contributed by atoms with Gasteiger partial charge in [0.15, 0.2) is 12.4 Å². The van der Waals surface area contributed by atoms with Gasteiger partial charge in [0, 0.05) is 44.0 Å². The first-order valence-corrected chi connectivity index (χ1v) is 8.76. The van der Waals surface area contributed by atoms with Crippen LogP contribution in [0.5, 0.6) is 0 Å². The van der Waals surface area contributed by atoms with Crippen LogP contribution < -0.4 is 9.88 Å². The number of aromatic amines is 1. The molecule has 0 spiro atoms. The van der Waals surface area contributed by atoms with Crippen molar-refractivity contribution < 1.29 is 9.78 Å². The number of nitrogens with one attached hydrogen (secondary N) is 1. The van der Waals surface area contributed by atoms with E-state index < -0.39 is 0 Å². The largest absolute Gasteiger partial charge is 0.368 e. The zero-order chi connectivity index (χ0) is 17.1. The molecule has 1 N–H and O–H groups in total. The van der Waals surface area contributed by atoms with Gasteiger partial charge in [0.05, 0.1) is 6.42 Å². The Bertz CT molecular complexity index is 870. The Hall–Kier alpha value is -2.88. The molecule has 1 aliphatic heterocycles. The van der Waals surface area contributed by atoms with Gasteiger partial charge in [-0.15, -0.1) is 0 Å². The van der Waals surface area contributed by atoms with Gasteiger partial charge in [-0.1, -0.05) is 42.5 Å². The van der Waals surface area contributed by atoms with Crippen LogP contribution in [-0.4, -0.2) is 37.0 Å². The van der Waals surface area contributed by atoms with Crippen molar-refractivity contribution in [1.82, 2.24) is 4.90 Å². The van der Waals surface area contributed by atoms with Gasteiger partial charge >= 0.3 is 0 Å². The average Bonchev–Trinajstić information content (AvgIpc) is 2.69. The summed E-state index contributed by atoms with van der Waals surface area (Å²) in [5.41, 5.74) is 2.30. The Kier molecular flexibility index (Phi) is 4.34. The number of pyridine rings is 1. The highest BCUT2D eigenvalue weighted by atomic mass is 16.2. The first kappa shape index (κ1) is 15.6. The third-order valence-corrected chi connectivity index (χ3v) is 4.87. The number of H-pyrrole nitrogens is 1. The topological polar surface area (TPSA) is 37.7 Å². The summed E-state index contributed by atoms with van der Waals surface area (Å²) in [7, 11) is 0. The van der Waals surface area contributed by atoms with Crippen molar-refractivity contribution >= 4 is 22.4 Å². The van der Waals surface area contributed by atoms with Crippen LogP contribution in [0.4, 0.5) is 5.69 Å². The molecule has 126 valence electrons. The maximum atomic E-state index is 12.6. The number of piperazine rings is 1. The first-order valence-electron chi connectivity index (χ1n) is 8.76. The van der Waals surface area contributed by atoms with E-state index in [0.29, 0.717) is 6.42 Å². The third kappa shape index (κ3) is 3.48. The van der Waals surface area contributed by atoms with Crippen LogP contribution in [0.1, 0.15) is 5.56 Å². The van der Waals surface area contributed by atoms with Crippen LogP contribution in [-0.2, 0) is 11.2 Å². The Morgan fingerprint density at radius 2 is 1.60 bits per heavy atom. The van der Waals surface area contributed by atoms with Crippen LogP contribution in [0.25, 0.3) is 10.8 Å². The van der Waals surface area contributed by atoms with Crippen LogP contribution in [0, 0.1) is 0 Å². The summed E-state index contributed by atoms with van der Waals surface area (Å²) >= 11 is 0. The fourth-order valence-corrected chi connectivity index (χ4v) is 3.44. The van der Waals surface area contributed by atoms with Gasteiger partial charge in [-0.3, -0.25) is 4.79 Å². The van der Waals surface area contributed by atoms with Crippen molar-refractivity contribution in [3.05, 3.63) is 72.6 Å². The molecule has 3 aromatic rings. The molecule has 4 rings (SSSR count). The number of rotatable bonds is 3. The minimum absolute atomic E-state index is 0.219. The Morgan fingerprint density at radius 3 is 2.36 bits per heavy atom. The molecule has 4 nitrogen and oxygen atoms in total. The van der Waals surface area contributed by atoms with Crippen LogP contribution in [0.15, 0.2) is 67.0 Å². The van der Waals surface area contributed by atoms with Gasteiger partial charge in [0.2, 0.25) is 5.91 Å². The van der Waals surface area contributed by atoms with Gasteiger partial charge in [0.1, 0.15) is 0 Å². The quantitative estimate of drug-likeness (QED) is 0.739. The summed E-state index contributed by atoms with van der Waals surface area (Å²) in [5.74, 6) is 0.219. The second kappa shape index (κ2) is 6.93. The summed E-state index contributed by atoms with van der Waals surface area (Å²) < 4.78 is 0. The number of nitrogens with zero attached hydrogens (tertiary/aromatic N) is 2. The smallest absolute Gasteiger partial charge is 0.227 e. The zero-order valence-corrected chi connectivity index (χ0v) is 14.2. The summed E-state index contributed by atoms with van der Waals surface area (Å²) in [6.45, 7) is 3.33. The second-order valence-corrected chi connectivity index (χ2v) is 6.48. The van der Waals surface area contributed by atoms with Gasteiger partial charge in [-0.05, 0) is 16.3 Å². The lowest BCUT2D eigenvalue weighted by atomic mass is 10.0. The monoisotopic (exact) mass is 332 g/mol. The molecule has 1 fully saturated rings. The molecule has 1 aromatic heterocycles. The lowest BCUT2D eigenvalue weighted by Crippen LogP contribution is -2.49. The molecule has 2 aromatic carbocycles. The summed E-state index contributed by atoms with van der Waals surface area (Å²) in [6, 6.07) is 18.7. The molecule has 2 heterocycles. The van der Waals surface area contributed by atoms with Crippen molar-refractivity contribution in [2.45, 2.75) is 6.42 Å². The summed E-state index contributed by atoms with van der Waals surface area (Å²) in [6.07, 6.45) is 4.35. The minimum Gasteiger partial charge on any atom is -0.368 e. The molecule has 4 heteroatoms. The fraction of sp³-hybridized carbons (Fsp3) is 0.238. The normalized spacial score (nSPS) is 14.7. The molecule has 1 saturated heterocycles. The van der Waals surface area contributed by atoms with Crippen LogP contribution >= 0.6 is 0 Å². The molecule has 0 saturated carbocycles. The SMILES string of the molecule is O=C(Cc1ccc2ccccc2c1)N1CCN(c2cc[nH+]cc2)CC1. The van der Waals surface area contributed by atoms with E-state index in [-0.39, 0.29) is 5.91 Å². The van der Waals surface area contributed by atoms with Crippen molar-refractivity contribution in [3.63, 3.8) is 0 Å². The summed E-state index contributed by atoms with van der Waals surface area (Å²) in [4.78, 5) is 20.0. The Morgan fingerprint density at radius 1 is 0.880 bits per heavy atom. The number of benzene rings is 2. The molecular weight excluding hydrogens is 310 g/mol. The molecule has 25 heavy (non-hydrogen) atoms. The number of hydrogen-bond acceptors (Lipinski definition) is 2. The van der Waals surface area contributed by atoms with E-state index in [0.717, 1.165) is 31.7 Å². The van der Waals surface area contributed by atoms with Crippen molar-refractivity contribution in [2.75, 3.05) is 31.1 Å². The van der Waals surface area contributed by atoms with E-state index >= 15 is 0 Å². The predicted octanol–water partition coefficient (Wildman–Crippen LogP) is 2.55. The highest BCUT2D eigenvalue weighted by Crippen LogP contribution is 2.18. The van der Waals surface area contributed by atoms with Crippen molar-refractivity contribution in [1.29, 1.82) is 0 Å². The second-order valence-electron chi connectivity index (χ2n) is 6.48. The lowest BCUT2D eigenvalue weighted by molar-refractivity contribution is -0.377. The first-order chi connectivity index (χ1) is 12.3. The zero-order valence-electron chi connectivity index (χ0n) is 14.2. The van der Waals surface area contributed by atoms with Gasteiger partial charge in [-0.25, -0.2) is 4.98 Å². The number of amides is 1. The standard InChI is InChI=1S/C21H21N3O/c25-21(16-17-5-6-18-3-1-2-4-19(18)15-17)24-13-11-23(12-14-24)20-7-9-22-10-8-20/h1-10,15H,11-14,16H2/p+1. The van der Waals surface area contributed by atoms with Gasteiger partial charge in [0.25, 0.3) is 0 Å². The third-order valence-electron chi connectivity index (χ3n) is 4.87. The van der Waals surface area contributed by atoms with E-state index in [1.54, 1.807) is 0 Å². The van der Waals surface area contributed by atoms with E-state index in [4.69, 9.17) is 0 Å². The molecular formula is C21H22N3O+.